The fourth-order valence-electron chi connectivity index (χ4n) is 5.95. The Morgan fingerprint density at radius 3 is 2.46 bits per heavy atom. The SMILES string of the molecule is CCc1nc2ccc(-c3cnc(N4CCC(C(=O)NC5CNC5)CC4)nc3)cn2c1N(C)c1nc(-c2ccc(F)cc2)c(C#N)s1. The first-order chi connectivity index (χ1) is 22.4. The highest BCUT2D eigenvalue weighted by molar-refractivity contribution is 7.16. The topological polar surface area (TPSA) is 127 Å². The summed E-state index contributed by atoms with van der Waals surface area (Å²) in [6, 6.07) is 12.5. The molecule has 6 heterocycles. The van der Waals surface area contributed by atoms with Gasteiger partial charge in [-0.25, -0.2) is 24.3 Å². The molecule has 11 nitrogen and oxygen atoms in total. The predicted octanol–water partition coefficient (Wildman–Crippen LogP) is 4.56. The zero-order valence-electron chi connectivity index (χ0n) is 25.6. The summed E-state index contributed by atoms with van der Waals surface area (Å²) >= 11 is 1.29. The van der Waals surface area contributed by atoms with Gasteiger partial charge in [0, 0.05) is 74.4 Å². The lowest BCUT2D eigenvalue weighted by atomic mass is 9.95. The maximum atomic E-state index is 13.6. The van der Waals surface area contributed by atoms with E-state index in [1.165, 1.54) is 23.5 Å². The summed E-state index contributed by atoms with van der Waals surface area (Å²) in [6.45, 7) is 5.24. The summed E-state index contributed by atoms with van der Waals surface area (Å²) < 4.78 is 15.6. The lowest BCUT2D eigenvalue weighted by Gasteiger charge is -2.34. The number of carbonyl (C=O) groups excluding carboxylic acids is 1. The highest BCUT2D eigenvalue weighted by atomic mass is 32.1. The third kappa shape index (κ3) is 5.65. The zero-order chi connectivity index (χ0) is 31.8. The molecule has 2 N–H and O–H groups in total. The van der Waals surface area contributed by atoms with E-state index >= 15 is 0 Å². The van der Waals surface area contributed by atoms with Crippen molar-refractivity contribution in [3.63, 3.8) is 0 Å². The van der Waals surface area contributed by atoms with Gasteiger partial charge in [-0.2, -0.15) is 5.26 Å². The third-order valence-corrected chi connectivity index (χ3v) is 9.72. The lowest BCUT2D eigenvalue weighted by Crippen LogP contribution is -2.58. The Morgan fingerprint density at radius 2 is 1.80 bits per heavy atom. The van der Waals surface area contributed by atoms with Gasteiger partial charge in [0.2, 0.25) is 11.9 Å². The van der Waals surface area contributed by atoms with Gasteiger partial charge in [-0.3, -0.25) is 9.20 Å². The number of rotatable bonds is 8. The smallest absolute Gasteiger partial charge is 0.225 e. The number of anilines is 3. The van der Waals surface area contributed by atoms with Crippen LogP contribution < -0.4 is 20.4 Å². The normalized spacial score (nSPS) is 15.5. The van der Waals surface area contributed by atoms with Gasteiger partial charge < -0.3 is 20.4 Å². The molecule has 13 heteroatoms. The minimum absolute atomic E-state index is 0.0312. The number of nitriles is 1. The molecule has 0 atom stereocenters. The van der Waals surface area contributed by atoms with Crippen LogP contribution in [0.3, 0.4) is 0 Å². The Kier molecular flexibility index (Phi) is 8.06. The highest BCUT2D eigenvalue weighted by Crippen LogP contribution is 2.37. The standard InChI is InChI=1S/C33H33FN10OS/c1-3-26-31(42(2)33-41-29(27(14-35)46-33)20-4-7-24(34)8-5-20)44-19-22(6-9-28(44)40-26)23-15-37-32(38-16-23)43-12-10-21(11-13-43)30(45)39-25-17-36-18-25/h4-9,15-16,19,21,25,36H,3,10-13,17-18H2,1-2H3,(H,39,45). The molecule has 0 bridgehead atoms. The third-order valence-electron chi connectivity index (χ3n) is 8.69. The molecule has 234 valence electrons. The van der Waals surface area contributed by atoms with Gasteiger partial charge >= 0.3 is 0 Å². The molecule has 4 aromatic heterocycles. The molecular weight excluding hydrogens is 603 g/mol. The number of aromatic nitrogens is 5. The van der Waals surface area contributed by atoms with E-state index in [1.807, 2.05) is 47.1 Å². The molecule has 5 aromatic rings. The van der Waals surface area contributed by atoms with Crippen molar-refractivity contribution < 1.29 is 9.18 Å². The van der Waals surface area contributed by atoms with E-state index in [0.29, 0.717) is 33.6 Å². The van der Waals surface area contributed by atoms with Gasteiger partial charge in [0.05, 0.1) is 11.7 Å². The molecular formula is C33H33FN10OS. The van der Waals surface area contributed by atoms with E-state index in [9.17, 15) is 14.4 Å². The number of benzene rings is 1. The van der Waals surface area contributed by atoms with Crippen LogP contribution in [0.15, 0.2) is 55.0 Å². The number of hydrogen-bond acceptors (Lipinski definition) is 10. The van der Waals surface area contributed by atoms with Crippen molar-refractivity contribution in [2.24, 2.45) is 5.92 Å². The van der Waals surface area contributed by atoms with Crippen molar-refractivity contribution in [3.05, 3.63) is 71.4 Å². The molecule has 2 fully saturated rings. The lowest BCUT2D eigenvalue weighted by molar-refractivity contribution is -0.126. The van der Waals surface area contributed by atoms with Gasteiger partial charge in [0.1, 0.15) is 33.9 Å². The molecule has 2 aliphatic rings. The molecule has 0 radical (unpaired) electrons. The van der Waals surface area contributed by atoms with Crippen LogP contribution in [-0.2, 0) is 11.2 Å². The monoisotopic (exact) mass is 636 g/mol. The Morgan fingerprint density at radius 1 is 1.09 bits per heavy atom. The van der Waals surface area contributed by atoms with Crippen LogP contribution in [0.25, 0.3) is 28.0 Å². The largest absolute Gasteiger partial charge is 0.351 e. The van der Waals surface area contributed by atoms with E-state index < -0.39 is 0 Å². The molecule has 2 aliphatic heterocycles. The summed E-state index contributed by atoms with van der Waals surface area (Å²) in [5.74, 6) is 1.36. The van der Waals surface area contributed by atoms with Crippen LogP contribution in [-0.4, -0.2) is 69.5 Å². The van der Waals surface area contributed by atoms with Gasteiger partial charge in [-0.05, 0) is 55.7 Å². The predicted molar refractivity (Wildman–Crippen MR) is 176 cm³/mol. The molecule has 0 spiro atoms. The average Bonchev–Trinajstić information content (AvgIpc) is 3.68. The summed E-state index contributed by atoms with van der Waals surface area (Å²) in [5.41, 5.74) is 4.69. The summed E-state index contributed by atoms with van der Waals surface area (Å²) in [7, 11) is 1.92. The summed E-state index contributed by atoms with van der Waals surface area (Å²) in [5, 5.41) is 16.8. The number of imidazole rings is 1. The van der Waals surface area contributed by atoms with Crippen LogP contribution in [0.5, 0.6) is 0 Å². The first-order valence-electron chi connectivity index (χ1n) is 15.4. The molecule has 46 heavy (non-hydrogen) atoms. The van der Waals surface area contributed by atoms with E-state index in [-0.39, 0.29) is 23.7 Å². The average molecular weight is 637 g/mol. The van der Waals surface area contributed by atoms with Gasteiger partial charge in [0.25, 0.3) is 0 Å². The first-order valence-corrected chi connectivity index (χ1v) is 16.2. The van der Waals surface area contributed by atoms with Crippen LogP contribution in [0.1, 0.15) is 30.3 Å². The van der Waals surface area contributed by atoms with Gasteiger partial charge in [-0.15, -0.1) is 0 Å². The summed E-state index contributed by atoms with van der Waals surface area (Å²) in [4.78, 5) is 36.2. The van der Waals surface area contributed by atoms with E-state index in [1.54, 1.807) is 12.1 Å². The Balaban J connectivity index is 1.11. The van der Waals surface area contributed by atoms with E-state index in [4.69, 9.17) is 19.9 Å². The van der Waals surface area contributed by atoms with Crippen molar-refractivity contribution >= 4 is 39.8 Å². The minimum atomic E-state index is -0.341. The number of halogens is 1. The zero-order valence-corrected chi connectivity index (χ0v) is 26.4. The summed E-state index contributed by atoms with van der Waals surface area (Å²) in [6.07, 6.45) is 7.96. The number of carbonyl (C=O) groups is 1. The molecule has 1 aromatic carbocycles. The second kappa shape index (κ2) is 12.5. The number of pyridine rings is 1. The number of hydrogen-bond donors (Lipinski definition) is 2. The maximum absolute atomic E-state index is 13.6. The van der Waals surface area contributed by atoms with Crippen LogP contribution in [0.4, 0.5) is 21.3 Å². The van der Waals surface area contributed by atoms with Gasteiger partial charge in [-0.1, -0.05) is 18.3 Å². The molecule has 1 amide bonds. The van der Waals surface area contributed by atoms with E-state index in [0.717, 1.165) is 67.3 Å². The second-order valence-corrected chi connectivity index (χ2v) is 12.6. The number of fused-ring (bicyclic) bond motifs is 1. The number of nitrogens with zero attached hydrogens (tertiary/aromatic N) is 8. The van der Waals surface area contributed by atoms with Crippen molar-refractivity contribution in [2.45, 2.75) is 32.2 Å². The second-order valence-electron chi connectivity index (χ2n) is 11.6. The van der Waals surface area contributed by atoms with Crippen molar-refractivity contribution in [1.82, 2.24) is 35.0 Å². The van der Waals surface area contributed by atoms with Crippen molar-refractivity contribution in [2.75, 3.05) is 43.0 Å². The maximum Gasteiger partial charge on any atom is 0.225 e. The van der Waals surface area contributed by atoms with Gasteiger partial charge in [0.15, 0.2) is 5.13 Å². The Bertz CT molecular complexity index is 1920. The van der Waals surface area contributed by atoms with E-state index in [2.05, 4.69) is 28.5 Å². The van der Waals surface area contributed by atoms with Crippen LogP contribution >= 0.6 is 11.3 Å². The van der Waals surface area contributed by atoms with Crippen molar-refractivity contribution in [3.8, 4) is 28.5 Å². The number of amides is 1. The van der Waals surface area contributed by atoms with Crippen molar-refractivity contribution in [1.29, 1.82) is 5.26 Å². The molecule has 0 unspecified atom stereocenters. The number of piperidine rings is 1. The number of aryl methyl sites for hydroxylation is 1. The highest BCUT2D eigenvalue weighted by Gasteiger charge is 2.29. The Hall–Kier alpha value is -4.93. The molecule has 0 saturated carbocycles. The molecule has 7 rings (SSSR count). The minimum Gasteiger partial charge on any atom is -0.351 e. The molecule has 0 aliphatic carbocycles. The van der Waals surface area contributed by atoms with Crippen LogP contribution in [0.2, 0.25) is 0 Å². The molecule has 2 saturated heterocycles. The fraction of sp³-hybridized carbons (Fsp3) is 0.333. The number of thiazole rings is 1. The number of nitrogens with one attached hydrogen (secondary N) is 2. The first kappa shape index (κ1) is 29.8. The Labute approximate surface area is 269 Å². The quantitative estimate of drug-likeness (QED) is 0.252. The van der Waals surface area contributed by atoms with Crippen LogP contribution in [0, 0.1) is 23.1 Å². The fourth-order valence-corrected chi connectivity index (χ4v) is 6.80.